The van der Waals surface area contributed by atoms with Crippen molar-refractivity contribution in [3.05, 3.63) is 42.6 Å². The largest absolute Gasteiger partial charge is 0.399 e. The lowest BCUT2D eigenvalue weighted by Crippen LogP contribution is -2.27. The lowest BCUT2D eigenvalue weighted by atomic mass is 10.2. The fourth-order valence-corrected chi connectivity index (χ4v) is 3.58. The summed E-state index contributed by atoms with van der Waals surface area (Å²) in [6.07, 6.45) is 4.68. The zero-order valence-corrected chi connectivity index (χ0v) is 12.1. The molecule has 0 saturated carbocycles. The van der Waals surface area contributed by atoms with Crippen molar-refractivity contribution in [2.24, 2.45) is 0 Å². The van der Waals surface area contributed by atoms with Crippen molar-refractivity contribution in [3.63, 3.8) is 0 Å². The van der Waals surface area contributed by atoms with E-state index in [1.54, 1.807) is 37.5 Å². The Kier molecular flexibility index (Phi) is 3.19. The van der Waals surface area contributed by atoms with Crippen LogP contribution >= 0.6 is 0 Å². The molecule has 3 rings (SSSR count). The molecule has 0 aliphatic carbocycles. The van der Waals surface area contributed by atoms with E-state index in [4.69, 9.17) is 5.73 Å². The Hall–Kier alpha value is -2.32. The van der Waals surface area contributed by atoms with Gasteiger partial charge in [0.2, 0.25) is 10.0 Å². The maximum atomic E-state index is 12.5. The van der Waals surface area contributed by atoms with Crippen LogP contribution in [0.5, 0.6) is 0 Å². The van der Waals surface area contributed by atoms with Gasteiger partial charge in [0.05, 0.1) is 6.04 Å². The molecule has 0 radical (unpaired) electrons. The summed E-state index contributed by atoms with van der Waals surface area (Å²) in [4.78, 5) is 10.0. The van der Waals surface area contributed by atoms with Gasteiger partial charge in [-0.25, -0.2) is 18.1 Å². The summed E-state index contributed by atoms with van der Waals surface area (Å²) in [5.41, 5.74) is 6.96. The third-order valence-electron chi connectivity index (χ3n) is 3.22. The predicted molar refractivity (Wildman–Crippen MR) is 80.0 cm³/mol. The number of aromatic nitrogens is 3. The summed E-state index contributed by atoms with van der Waals surface area (Å²) in [6, 6.07) is 4.64. The van der Waals surface area contributed by atoms with Crippen LogP contribution < -0.4 is 10.5 Å². The topological polar surface area (TPSA) is 117 Å². The molecule has 0 amide bonds. The minimum Gasteiger partial charge on any atom is -0.399 e. The number of anilines is 1. The summed E-state index contributed by atoms with van der Waals surface area (Å²) < 4.78 is 27.6. The number of nitrogens with one attached hydrogen (secondary N) is 3. The quantitative estimate of drug-likeness (QED) is 0.547. The van der Waals surface area contributed by atoms with Crippen molar-refractivity contribution in [1.29, 1.82) is 0 Å². The standard InChI is InChI=1S/C13H15N5O2S/c1-8(13-15-4-5-16-13)18-21(19,20)12-7-17-11-3-2-9(14)6-10(11)12/h2-8,17-18H,14H2,1H3,(H,15,16). The third kappa shape index (κ3) is 2.50. The second kappa shape index (κ2) is 4.90. The van der Waals surface area contributed by atoms with Crippen molar-refractivity contribution in [2.45, 2.75) is 17.9 Å². The average molecular weight is 305 g/mol. The Labute approximate surface area is 121 Å². The summed E-state index contributed by atoms with van der Waals surface area (Å²) in [5, 5.41) is 0.564. The van der Waals surface area contributed by atoms with E-state index in [9.17, 15) is 8.42 Å². The van der Waals surface area contributed by atoms with Crippen LogP contribution in [0.3, 0.4) is 0 Å². The van der Waals surface area contributed by atoms with Crippen LogP contribution in [0.25, 0.3) is 10.9 Å². The number of benzene rings is 1. The second-order valence-corrected chi connectivity index (χ2v) is 6.46. The van der Waals surface area contributed by atoms with E-state index in [0.29, 0.717) is 16.9 Å². The molecule has 0 saturated heterocycles. The van der Waals surface area contributed by atoms with Gasteiger partial charge < -0.3 is 15.7 Å². The second-order valence-electron chi connectivity index (χ2n) is 4.78. The van der Waals surface area contributed by atoms with Crippen molar-refractivity contribution in [1.82, 2.24) is 19.7 Å². The Bertz CT molecular complexity index is 867. The summed E-state index contributed by atoms with van der Waals surface area (Å²) >= 11 is 0. The van der Waals surface area contributed by atoms with Gasteiger partial charge in [0, 0.05) is 35.2 Å². The number of hydrogen-bond donors (Lipinski definition) is 4. The van der Waals surface area contributed by atoms with Crippen LogP contribution in [0.4, 0.5) is 5.69 Å². The maximum Gasteiger partial charge on any atom is 0.243 e. The lowest BCUT2D eigenvalue weighted by Gasteiger charge is -2.11. The molecular formula is C13H15N5O2S. The van der Waals surface area contributed by atoms with E-state index in [-0.39, 0.29) is 4.90 Å². The zero-order valence-electron chi connectivity index (χ0n) is 11.3. The number of aromatic amines is 2. The highest BCUT2D eigenvalue weighted by Crippen LogP contribution is 2.25. The van der Waals surface area contributed by atoms with Crippen LogP contribution in [0.2, 0.25) is 0 Å². The van der Waals surface area contributed by atoms with Gasteiger partial charge in [0.15, 0.2) is 0 Å². The minimum absolute atomic E-state index is 0.170. The smallest absolute Gasteiger partial charge is 0.243 e. The Morgan fingerprint density at radius 1 is 1.33 bits per heavy atom. The molecule has 21 heavy (non-hydrogen) atoms. The number of sulfonamides is 1. The minimum atomic E-state index is -3.68. The van der Waals surface area contributed by atoms with Crippen LogP contribution in [-0.4, -0.2) is 23.4 Å². The molecule has 0 spiro atoms. The summed E-state index contributed by atoms with van der Waals surface area (Å²) in [5.74, 6) is 0.554. The fourth-order valence-electron chi connectivity index (χ4n) is 2.20. The van der Waals surface area contributed by atoms with Crippen LogP contribution in [-0.2, 0) is 10.0 Å². The van der Waals surface area contributed by atoms with Gasteiger partial charge in [-0.2, -0.15) is 0 Å². The first kappa shape index (κ1) is 13.7. The Morgan fingerprint density at radius 2 is 2.14 bits per heavy atom. The molecule has 2 heterocycles. The summed E-state index contributed by atoms with van der Waals surface area (Å²) in [6.45, 7) is 1.72. The molecule has 8 heteroatoms. The number of hydrogen-bond acceptors (Lipinski definition) is 4. The van der Waals surface area contributed by atoms with Crippen LogP contribution in [0.15, 0.2) is 41.7 Å². The molecule has 0 aliphatic heterocycles. The number of rotatable bonds is 4. The van der Waals surface area contributed by atoms with E-state index in [2.05, 4.69) is 19.7 Å². The van der Waals surface area contributed by atoms with Crippen LogP contribution in [0, 0.1) is 0 Å². The van der Waals surface area contributed by atoms with Gasteiger partial charge in [-0.3, -0.25) is 0 Å². The van der Waals surface area contributed by atoms with E-state index < -0.39 is 16.1 Å². The van der Waals surface area contributed by atoms with Gasteiger partial charge in [0.1, 0.15) is 10.7 Å². The maximum absolute atomic E-state index is 12.5. The van der Waals surface area contributed by atoms with Crippen molar-refractivity contribution in [2.75, 3.05) is 5.73 Å². The van der Waals surface area contributed by atoms with E-state index >= 15 is 0 Å². The average Bonchev–Trinajstić information content (AvgIpc) is 3.07. The van der Waals surface area contributed by atoms with Gasteiger partial charge in [-0.1, -0.05) is 0 Å². The predicted octanol–water partition coefficient (Wildman–Crippen LogP) is 1.51. The first-order valence-corrected chi connectivity index (χ1v) is 7.84. The number of nitrogens with zero attached hydrogens (tertiary/aromatic N) is 1. The number of imidazole rings is 1. The number of H-pyrrole nitrogens is 2. The molecule has 5 N–H and O–H groups in total. The zero-order chi connectivity index (χ0) is 15.0. The summed E-state index contributed by atoms with van der Waals surface area (Å²) in [7, 11) is -3.68. The molecule has 7 nitrogen and oxygen atoms in total. The molecule has 0 bridgehead atoms. The van der Waals surface area contributed by atoms with Crippen molar-refractivity contribution >= 4 is 26.6 Å². The lowest BCUT2D eigenvalue weighted by molar-refractivity contribution is 0.562. The normalized spacial score (nSPS) is 13.6. The number of fused-ring (bicyclic) bond motifs is 1. The first-order chi connectivity index (χ1) is 9.97. The molecule has 3 aromatic rings. The van der Waals surface area contributed by atoms with Crippen molar-refractivity contribution < 1.29 is 8.42 Å². The fraction of sp³-hybridized carbons (Fsp3) is 0.154. The number of nitrogen functional groups attached to an aromatic ring is 1. The van der Waals surface area contributed by atoms with Gasteiger partial charge >= 0.3 is 0 Å². The Balaban J connectivity index is 1.98. The highest BCUT2D eigenvalue weighted by Gasteiger charge is 2.22. The molecule has 1 aromatic carbocycles. The van der Waals surface area contributed by atoms with E-state index in [1.165, 1.54) is 6.20 Å². The molecule has 110 valence electrons. The highest BCUT2D eigenvalue weighted by molar-refractivity contribution is 7.89. The van der Waals surface area contributed by atoms with Gasteiger partial charge in [-0.05, 0) is 25.1 Å². The molecule has 1 unspecified atom stereocenters. The molecule has 0 fully saturated rings. The third-order valence-corrected chi connectivity index (χ3v) is 4.80. The van der Waals surface area contributed by atoms with Crippen LogP contribution in [0.1, 0.15) is 18.8 Å². The monoisotopic (exact) mass is 305 g/mol. The highest BCUT2D eigenvalue weighted by atomic mass is 32.2. The van der Waals surface area contributed by atoms with Crippen molar-refractivity contribution in [3.8, 4) is 0 Å². The first-order valence-electron chi connectivity index (χ1n) is 6.35. The van der Waals surface area contributed by atoms with Gasteiger partial charge in [-0.15, -0.1) is 0 Å². The van der Waals surface area contributed by atoms with Gasteiger partial charge in [0.25, 0.3) is 0 Å². The molecular weight excluding hydrogens is 290 g/mol. The molecule has 1 atom stereocenters. The van der Waals surface area contributed by atoms with E-state index in [0.717, 1.165) is 5.52 Å². The SMILES string of the molecule is CC(NS(=O)(=O)c1c[nH]c2ccc(N)cc12)c1ncc[nH]1. The number of nitrogens with two attached hydrogens (primary N) is 1. The molecule has 0 aliphatic rings. The Morgan fingerprint density at radius 3 is 2.86 bits per heavy atom. The molecule has 2 aromatic heterocycles. The van der Waals surface area contributed by atoms with E-state index in [1.807, 2.05) is 0 Å².